The smallest absolute Gasteiger partial charge is 0.191 e. The molecule has 0 amide bonds. The van der Waals surface area contributed by atoms with Gasteiger partial charge in [-0.05, 0) is 50.9 Å². The number of halogens is 1. The quantitative estimate of drug-likeness (QED) is 0.199. The summed E-state index contributed by atoms with van der Waals surface area (Å²) in [5.74, 6) is 0.953. The van der Waals surface area contributed by atoms with Gasteiger partial charge in [-0.3, -0.25) is 14.8 Å². The molecule has 1 aromatic rings. The average Bonchev–Trinajstić information content (AvgIpc) is 2.80. The Bertz CT molecular complexity index is 660. The minimum absolute atomic E-state index is 0. The summed E-state index contributed by atoms with van der Waals surface area (Å²) in [6.45, 7) is 17.6. The number of guanidine groups is 1. The van der Waals surface area contributed by atoms with Gasteiger partial charge in [-0.25, -0.2) is 0 Å². The van der Waals surface area contributed by atoms with E-state index in [0.29, 0.717) is 0 Å². The fourth-order valence-corrected chi connectivity index (χ4v) is 4.22. The maximum atomic E-state index is 5.41. The molecule has 2 aliphatic heterocycles. The summed E-state index contributed by atoms with van der Waals surface area (Å²) >= 11 is 0. The molecule has 0 spiro atoms. The number of ether oxygens (including phenoxy) is 1. The zero-order valence-electron chi connectivity index (χ0n) is 20.0. The lowest BCUT2D eigenvalue weighted by Gasteiger charge is -2.36. The van der Waals surface area contributed by atoms with E-state index in [4.69, 9.17) is 9.73 Å². The van der Waals surface area contributed by atoms with Gasteiger partial charge in [0.15, 0.2) is 5.96 Å². The molecule has 2 N–H and O–H groups in total. The number of aliphatic imine (C=N–C) groups is 1. The highest BCUT2D eigenvalue weighted by atomic mass is 127. The molecule has 0 bridgehead atoms. The molecule has 2 aliphatic rings. The Labute approximate surface area is 212 Å². The van der Waals surface area contributed by atoms with Crippen LogP contribution in [0, 0.1) is 6.92 Å². The van der Waals surface area contributed by atoms with Gasteiger partial charge >= 0.3 is 0 Å². The van der Waals surface area contributed by atoms with Crippen LogP contribution in [0.1, 0.15) is 25.3 Å². The first-order valence-electron chi connectivity index (χ1n) is 12.1. The summed E-state index contributed by atoms with van der Waals surface area (Å²) in [5.41, 5.74) is 2.70. The van der Waals surface area contributed by atoms with Crippen molar-refractivity contribution in [2.24, 2.45) is 4.99 Å². The van der Waals surface area contributed by atoms with Gasteiger partial charge in [0.1, 0.15) is 0 Å². The molecule has 1 aromatic carbocycles. The van der Waals surface area contributed by atoms with E-state index in [1.165, 1.54) is 11.3 Å². The van der Waals surface area contributed by atoms with Crippen LogP contribution < -0.4 is 15.5 Å². The summed E-state index contributed by atoms with van der Waals surface area (Å²) in [7, 11) is 0. The molecule has 0 radical (unpaired) electrons. The number of morpholine rings is 1. The van der Waals surface area contributed by atoms with Gasteiger partial charge in [0, 0.05) is 71.1 Å². The van der Waals surface area contributed by atoms with Crippen LogP contribution in [0.5, 0.6) is 0 Å². The SMILES string of the molecule is CCNC(=NCCCN1CCOCC1)NCCCN1CCN(c2cccc(C)c2)CC1.I. The number of piperazine rings is 1. The number of rotatable bonds is 10. The highest BCUT2D eigenvalue weighted by Crippen LogP contribution is 2.17. The first kappa shape index (κ1) is 27.1. The van der Waals surface area contributed by atoms with Crippen LogP contribution in [0.15, 0.2) is 29.3 Å². The Morgan fingerprint density at radius 1 is 0.969 bits per heavy atom. The van der Waals surface area contributed by atoms with Crippen molar-refractivity contribution >= 4 is 35.6 Å². The van der Waals surface area contributed by atoms with Crippen molar-refractivity contribution in [1.82, 2.24) is 20.4 Å². The Hall–Kier alpha value is -1.10. The Kier molecular flexibility index (Phi) is 13.3. The molecule has 0 atom stereocenters. The number of nitrogens with zero attached hydrogens (tertiary/aromatic N) is 4. The molecule has 0 aromatic heterocycles. The lowest BCUT2D eigenvalue weighted by atomic mass is 10.2. The van der Waals surface area contributed by atoms with Crippen molar-refractivity contribution in [3.63, 3.8) is 0 Å². The van der Waals surface area contributed by atoms with E-state index in [1.54, 1.807) is 0 Å². The molecule has 2 fully saturated rings. The van der Waals surface area contributed by atoms with Crippen molar-refractivity contribution in [1.29, 1.82) is 0 Å². The van der Waals surface area contributed by atoms with Crippen LogP contribution in [0.4, 0.5) is 5.69 Å². The molecule has 3 rings (SSSR count). The number of hydrogen-bond acceptors (Lipinski definition) is 5. The Balaban J connectivity index is 0.00000363. The van der Waals surface area contributed by atoms with Crippen LogP contribution in [0.25, 0.3) is 0 Å². The van der Waals surface area contributed by atoms with E-state index in [1.807, 2.05) is 0 Å². The second kappa shape index (κ2) is 15.7. The zero-order chi connectivity index (χ0) is 21.7. The third-order valence-corrected chi connectivity index (χ3v) is 6.03. The number of aryl methyl sites for hydroxylation is 1. The first-order valence-corrected chi connectivity index (χ1v) is 12.1. The highest BCUT2D eigenvalue weighted by Gasteiger charge is 2.16. The molecule has 8 heteroatoms. The molecule has 0 unspecified atom stereocenters. The van der Waals surface area contributed by atoms with Crippen LogP contribution >= 0.6 is 24.0 Å². The largest absolute Gasteiger partial charge is 0.379 e. The summed E-state index contributed by atoms with van der Waals surface area (Å²) in [6.07, 6.45) is 2.24. The van der Waals surface area contributed by atoms with Crippen molar-refractivity contribution in [2.75, 3.05) is 90.1 Å². The molecule has 2 heterocycles. The highest BCUT2D eigenvalue weighted by molar-refractivity contribution is 14.0. The maximum Gasteiger partial charge on any atom is 0.191 e. The van der Waals surface area contributed by atoms with Crippen LogP contribution in [0.3, 0.4) is 0 Å². The maximum absolute atomic E-state index is 5.41. The standard InChI is InChI=1S/C24H42N6O.HI/c1-3-25-24(27-10-6-12-29-17-19-31-20-18-29)26-9-5-11-28-13-15-30(16-14-28)23-8-4-7-22(2)21-23;/h4,7-8,21H,3,5-6,9-20H2,1-2H3,(H2,25,26,27);1H. The molecule has 2 saturated heterocycles. The van der Waals surface area contributed by atoms with Crippen molar-refractivity contribution in [2.45, 2.75) is 26.7 Å². The zero-order valence-corrected chi connectivity index (χ0v) is 22.4. The van der Waals surface area contributed by atoms with Gasteiger partial charge in [-0.2, -0.15) is 0 Å². The minimum Gasteiger partial charge on any atom is -0.379 e. The number of anilines is 1. The molecular formula is C24H43IN6O. The van der Waals surface area contributed by atoms with Gasteiger partial charge in [0.25, 0.3) is 0 Å². The summed E-state index contributed by atoms with van der Waals surface area (Å²) < 4.78 is 5.41. The van der Waals surface area contributed by atoms with E-state index >= 15 is 0 Å². The predicted molar refractivity (Wildman–Crippen MR) is 146 cm³/mol. The fraction of sp³-hybridized carbons (Fsp3) is 0.708. The lowest BCUT2D eigenvalue weighted by Crippen LogP contribution is -2.47. The fourth-order valence-electron chi connectivity index (χ4n) is 4.22. The van der Waals surface area contributed by atoms with Crippen LogP contribution in [-0.4, -0.2) is 101 Å². The molecular weight excluding hydrogens is 515 g/mol. The topological polar surface area (TPSA) is 55.4 Å². The third-order valence-electron chi connectivity index (χ3n) is 6.03. The van der Waals surface area contributed by atoms with Crippen molar-refractivity contribution in [3.8, 4) is 0 Å². The van der Waals surface area contributed by atoms with E-state index < -0.39 is 0 Å². The second-order valence-corrected chi connectivity index (χ2v) is 8.52. The van der Waals surface area contributed by atoms with E-state index in [9.17, 15) is 0 Å². The lowest BCUT2D eigenvalue weighted by molar-refractivity contribution is 0.0377. The molecule has 182 valence electrons. The Morgan fingerprint density at radius 2 is 1.69 bits per heavy atom. The van der Waals surface area contributed by atoms with Crippen LogP contribution in [-0.2, 0) is 4.74 Å². The van der Waals surface area contributed by atoms with E-state index in [0.717, 1.165) is 104 Å². The number of benzene rings is 1. The summed E-state index contributed by atoms with van der Waals surface area (Å²) in [6, 6.07) is 8.86. The number of nitrogens with one attached hydrogen (secondary N) is 2. The third kappa shape index (κ3) is 9.80. The molecule has 0 aliphatic carbocycles. The van der Waals surface area contributed by atoms with Crippen molar-refractivity contribution < 1.29 is 4.74 Å². The summed E-state index contributed by atoms with van der Waals surface area (Å²) in [4.78, 5) is 12.3. The van der Waals surface area contributed by atoms with Gasteiger partial charge < -0.3 is 20.3 Å². The van der Waals surface area contributed by atoms with Crippen molar-refractivity contribution in [3.05, 3.63) is 29.8 Å². The Morgan fingerprint density at radius 3 is 2.41 bits per heavy atom. The van der Waals surface area contributed by atoms with Crippen LogP contribution in [0.2, 0.25) is 0 Å². The minimum atomic E-state index is 0. The monoisotopic (exact) mass is 558 g/mol. The van der Waals surface area contributed by atoms with E-state index in [2.05, 4.69) is 63.4 Å². The summed E-state index contributed by atoms with van der Waals surface area (Å²) in [5, 5.41) is 6.88. The average molecular weight is 559 g/mol. The molecule has 32 heavy (non-hydrogen) atoms. The van der Waals surface area contributed by atoms with Gasteiger partial charge in [-0.1, -0.05) is 12.1 Å². The van der Waals surface area contributed by atoms with Gasteiger partial charge in [-0.15, -0.1) is 24.0 Å². The normalized spacial score (nSPS) is 18.3. The van der Waals surface area contributed by atoms with Gasteiger partial charge in [0.2, 0.25) is 0 Å². The second-order valence-electron chi connectivity index (χ2n) is 8.52. The van der Waals surface area contributed by atoms with E-state index in [-0.39, 0.29) is 24.0 Å². The molecule has 0 saturated carbocycles. The number of hydrogen-bond donors (Lipinski definition) is 2. The first-order chi connectivity index (χ1) is 15.2. The van der Waals surface area contributed by atoms with Gasteiger partial charge in [0.05, 0.1) is 13.2 Å². The molecule has 7 nitrogen and oxygen atoms in total. The predicted octanol–water partition coefficient (Wildman–Crippen LogP) is 2.40.